The fourth-order valence-corrected chi connectivity index (χ4v) is 2.49. The minimum Gasteiger partial charge on any atom is -0.274 e. The second-order valence-electron chi connectivity index (χ2n) is 5.08. The van der Waals surface area contributed by atoms with Crippen molar-refractivity contribution in [1.82, 2.24) is 4.90 Å². The van der Waals surface area contributed by atoms with Gasteiger partial charge in [0.25, 0.3) is 11.8 Å². The summed E-state index contributed by atoms with van der Waals surface area (Å²) in [6.07, 6.45) is 6.95. The fourth-order valence-electron chi connectivity index (χ4n) is 2.49. The van der Waals surface area contributed by atoms with Gasteiger partial charge < -0.3 is 0 Å². The molecule has 19 heavy (non-hydrogen) atoms. The SMILES string of the molecule is CCCCCCCCN1C(=O)c2ccccc2C1=O. The molecule has 0 aliphatic carbocycles. The number of hydrogen-bond donors (Lipinski definition) is 0. The Bertz CT molecular complexity index is 433. The molecule has 0 aromatic heterocycles. The molecule has 102 valence electrons. The van der Waals surface area contributed by atoms with Gasteiger partial charge in [0.05, 0.1) is 11.1 Å². The summed E-state index contributed by atoms with van der Waals surface area (Å²) in [5.41, 5.74) is 1.11. The standard InChI is InChI=1S/C16H21NO2/c1-2-3-4-5-6-9-12-17-15(18)13-10-7-8-11-14(13)16(17)19/h7-8,10-11H,2-6,9,12H2,1H3. The van der Waals surface area contributed by atoms with Crippen LogP contribution in [0.5, 0.6) is 0 Å². The van der Waals surface area contributed by atoms with Gasteiger partial charge in [-0.25, -0.2) is 0 Å². The summed E-state index contributed by atoms with van der Waals surface area (Å²) in [4.78, 5) is 25.6. The maximum absolute atomic E-state index is 12.1. The van der Waals surface area contributed by atoms with Crippen LogP contribution in [0.25, 0.3) is 0 Å². The second-order valence-corrected chi connectivity index (χ2v) is 5.08. The van der Waals surface area contributed by atoms with Crippen molar-refractivity contribution < 1.29 is 9.59 Å². The highest BCUT2D eigenvalue weighted by molar-refractivity contribution is 6.21. The third-order valence-electron chi connectivity index (χ3n) is 3.61. The van der Waals surface area contributed by atoms with E-state index in [0.717, 1.165) is 12.8 Å². The van der Waals surface area contributed by atoms with Crippen molar-refractivity contribution in [1.29, 1.82) is 0 Å². The Labute approximate surface area is 114 Å². The van der Waals surface area contributed by atoms with Crippen LogP contribution >= 0.6 is 0 Å². The molecule has 2 rings (SSSR count). The van der Waals surface area contributed by atoms with E-state index in [0.29, 0.717) is 17.7 Å². The third kappa shape index (κ3) is 3.03. The first-order valence-electron chi connectivity index (χ1n) is 7.21. The van der Waals surface area contributed by atoms with Crippen molar-refractivity contribution in [3.63, 3.8) is 0 Å². The van der Waals surface area contributed by atoms with E-state index in [1.807, 2.05) is 0 Å². The highest BCUT2D eigenvalue weighted by atomic mass is 16.2. The Morgan fingerprint density at radius 2 is 1.37 bits per heavy atom. The van der Waals surface area contributed by atoms with Crippen molar-refractivity contribution in [2.45, 2.75) is 45.4 Å². The van der Waals surface area contributed by atoms with Crippen LogP contribution in [0.4, 0.5) is 0 Å². The Morgan fingerprint density at radius 1 is 0.842 bits per heavy atom. The van der Waals surface area contributed by atoms with Gasteiger partial charge in [0.1, 0.15) is 0 Å². The van der Waals surface area contributed by atoms with Crippen LogP contribution in [0.3, 0.4) is 0 Å². The molecule has 0 fully saturated rings. The summed E-state index contributed by atoms with van der Waals surface area (Å²) in [6.45, 7) is 2.75. The minimum atomic E-state index is -0.130. The monoisotopic (exact) mass is 259 g/mol. The lowest BCUT2D eigenvalue weighted by molar-refractivity contribution is 0.0651. The van der Waals surface area contributed by atoms with E-state index < -0.39 is 0 Å². The lowest BCUT2D eigenvalue weighted by Crippen LogP contribution is -2.30. The number of benzene rings is 1. The topological polar surface area (TPSA) is 37.4 Å². The molecule has 0 unspecified atom stereocenters. The molecular weight excluding hydrogens is 238 g/mol. The first kappa shape index (κ1) is 13.8. The van der Waals surface area contributed by atoms with Gasteiger partial charge >= 0.3 is 0 Å². The average Bonchev–Trinajstić information content (AvgIpc) is 2.68. The summed E-state index contributed by atoms with van der Waals surface area (Å²) in [5.74, 6) is -0.261. The lowest BCUT2D eigenvalue weighted by atomic mass is 10.1. The number of imide groups is 1. The van der Waals surface area contributed by atoms with Crippen molar-refractivity contribution >= 4 is 11.8 Å². The third-order valence-corrected chi connectivity index (χ3v) is 3.61. The molecule has 0 N–H and O–H groups in total. The number of unbranched alkanes of at least 4 members (excludes halogenated alkanes) is 5. The van der Waals surface area contributed by atoms with Crippen LogP contribution < -0.4 is 0 Å². The van der Waals surface area contributed by atoms with Gasteiger partial charge in [-0.15, -0.1) is 0 Å². The predicted octanol–water partition coefficient (Wildman–Crippen LogP) is 3.64. The van der Waals surface area contributed by atoms with Crippen molar-refractivity contribution in [3.8, 4) is 0 Å². The number of rotatable bonds is 7. The molecule has 0 saturated carbocycles. The molecule has 1 aromatic carbocycles. The largest absolute Gasteiger partial charge is 0.274 e. The summed E-state index contributed by atoms with van der Waals surface area (Å²) < 4.78 is 0. The maximum atomic E-state index is 12.1. The lowest BCUT2D eigenvalue weighted by Gasteiger charge is -2.13. The number of hydrogen-bond acceptors (Lipinski definition) is 2. The smallest absolute Gasteiger partial charge is 0.261 e. The molecule has 1 aliphatic heterocycles. The van der Waals surface area contributed by atoms with Crippen LogP contribution in [0.1, 0.15) is 66.2 Å². The Hall–Kier alpha value is -1.64. The van der Waals surface area contributed by atoms with Crippen LogP contribution in [-0.4, -0.2) is 23.3 Å². The second kappa shape index (κ2) is 6.50. The number of carbonyl (C=O) groups excluding carboxylic acids is 2. The van der Waals surface area contributed by atoms with Crippen LogP contribution in [0.15, 0.2) is 24.3 Å². The summed E-state index contributed by atoms with van der Waals surface area (Å²) >= 11 is 0. The molecule has 2 amide bonds. The molecule has 1 aromatic rings. The molecule has 1 aliphatic rings. The van der Waals surface area contributed by atoms with Crippen molar-refractivity contribution in [2.24, 2.45) is 0 Å². The number of carbonyl (C=O) groups is 2. The molecule has 0 spiro atoms. The molecule has 0 radical (unpaired) electrons. The summed E-state index contributed by atoms with van der Waals surface area (Å²) in [7, 11) is 0. The van der Waals surface area contributed by atoms with E-state index >= 15 is 0 Å². The van der Waals surface area contributed by atoms with E-state index in [9.17, 15) is 9.59 Å². The van der Waals surface area contributed by atoms with Gasteiger partial charge in [-0.1, -0.05) is 51.2 Å². The molecule has 0 bridgehead atoms. The zero-order valence-corrected chi connectivity index (χ0v) is 11.5. The van der Waals surface area contributed by atoms with Gasteiger partial charge in [-0.05, 0) is 18.6 Å². The number of amides is 2. The fraction of sp³-hybridized carbons (Fsp3) is 0.500. The Morgan fingerprint density at radius 3 is 1.95 bits per heavy atom. The van der Waals surface area contributed by atoms with Crippen LogP contribution in [-0.2, 0) is 0 Å². The zero-order valence-electron chi connectivity index (χ0n) is 11.5. The van der Waals surface area contributed by atoms with E-state index in [1.165, 1.54) is 30.6 Å². The maximum Gasteiger partial charge on any atom is 0.261 e. The molecule has 3 heteroatoms. The van der Waals surface area contributed by atoms with Crippen molar-refractivity contribution in [2.75, 3.05) is 6.54 Å². The molecule has 0 saturated heterocycles. The minimum absolute atomic E-state index is 0.130. The molecule has 1 heterocycles. The highest BCUT2D eigenvalue weighted by Crippen LogP contribution is 2.22. The number of nitrogens with zero attached hydrogens (tertiary/aromatic N) is 1. The van der Waals surface area contributed by atoms with Crippen LogP contribution in [0, 0.1) is 0 Å². The zero-order chi connectivity index (χ0) is 13.7. The molecule has 0 atom stereocenters. The van der Waals surface area contributed by atoms with Crippen LogP contribution in [0.2, 0.25) is 0 Å². The van der Waals surface area contributed by atoms with Crippen molar-refractivity contribution in [3.05, 3.63) is 35.4 Å². The van der Waals surface area contributed by atoms with Gasteiger partial charge in [0.2, 0.25) is 0 Å². The number of fused-ring (bicyclic) bond motifs is 1. The normalized spacial score (nSPS) is 14.1. The van der Waals surface area contributed by atoms with Gasteiger partial charge in [0.15, 0.2) is 0 Å². The van der Waals surface area contributed by atoms with E-state index in [2.05, 4.69) is 6.92 Å². The van der Waals surface area contributed by atoms with Gasteiger partial charge in [-0.2, -0.15) is 0 Å². The first-order valence-corrected chi connectivity index (χ1v) is 7.21. The summed E-state index contributed by atoms with van der Waals surface area (Å²) in [5, 5.41) is 0. The quantitative estimate of drug-likeness (QED) is 0.553. The Balaban J connectivity index is 1.83. The molecule has 3 nitrogen and oxygen atoms in total. The van der Waals surface area contributed by atoms with E-state index in [-0.39, 0.29) is 11.8 Å². The highest BCUT2D eigenvalue weighted by Gasteiger charge is 2.34. The molecular formula is C16H21NO2. The predicted molar refractivity (Wildman–Crippen MR) is 75.2 cm³/mol. The van der Waals surface area contributed by atoms with E-state index in [4.69, 9.17) is 0 Å². The first-order chi connectivity index (χ1) is 9.25. The van der Waals surface area contributed by atoms with E-state index in [1.54, 1.807) is 24.3 Å². The van der Waals surface area contributed by atoms with Gasteiger partial charge in [-0.3, -0.25) is 14.5 Å². The Kier molecular flexibility index (Phi) is 4.72. The van der Waals surface area contributed by atoms with Gasteiger partial charge in [0, 0.05) is 6.54 Å². The summed E-state index contributed by atoms with van der Waals surface area (Å²) in [6, 6.07) is 7.07. The average molecular weight is 259 g/mol.